The number of aromatic nitrogens is 1. The minimum Gasteiger partial charge on any atom is -0.309 e. The first kappa shape index (κ1) is 14.9. The largest absolute Gasteiger partial charge is 0.309 e. The number of fused-ring (bicyclic) bond motifs is 1. The molecule has 0 aliphatic carbocycles. The van der Waals surface area contributed by atoms with Crippen molar-refractivity contribution >= 4 is 34.3 Å². The van der Waals surface area contributed by atoms with Gasteiger partial charge in [0.15, 0.2) is 0 Å². The zero-order valence-corrected chi connectivity index (χ0v) is 13.1. The fraction of sp³-hybridized carbons (Fsp3) is 0.375. The number of hydrogen-bond donors (Lipinski definition) is 1. The quantitative estimate of drug-likeness (QED) is 0.921. The lowest BCUT2D eigenvalue weighted by Gasteiger charge is -2.24. The minimum absolute atomic E-state index is 0.0148. The predicted octanol–water partition coefficient (Wildman–Crippen LogP) is 4.09. The summed E-state index contributed by atoms with van der Waals surface area (Å²) in [6.07, 6.45) is 1.79. The van der Waals surface area contributed by atoms with Crippen molar-refractivity contribution in [2.45, 2.75) is 37.7 Å². The Labute approximate surface area is 124 Å². The maximum absolute atomic E-state index is 12.3. The molecule has 2 aromatic rings. The van der Waals surface area contributed by atoms with E-state index in [2.05, 4.69) is 24.1 Å². The first-order valence-corrected chi connectivity index (χ1v) is 7.60. The van der Waals surface area contributed by atoms with Crippen molar-refractivity contribution in [2.24, 2.45) is 0 Å². The van der Waals surface area contributed by atoms with Crippen LogP contribution in [-0.2, 0) is 4.79 Å². The molecule has 0 saturated heterocycles. The lowest BCUT2D eigenvalue weighted by atomic mass is 10.1. The van der Waals surface area contributed by atoms with Gasteiger partial charge < -0.3 is 5.32 Å². The molecule has 4 heteroatoms. The summed E-state index contributed by atoms with van der Waals surface area (Å²) in [5.41, 5.74) is 0. The zero-order chi connectivity index (χ0) is 14.8. The molecule has 0 bridgehead atoms. The Morgan fingerprint density at radius 1 is 1.25 bits per heavy atom. The second kappa shape index (κ2) is 5.83. The standard InChI is InChI=1S/C16H20N2OS/c1-11(2)20-16(3,4)15(19)18-14-9-12-7-5-6-8-13(12)10-17-14/h5-11H,1-4H3,(H,17,18,19). The molecule has 0 atom stereocenters. The molecular formula is C16H20N2OS. The summed E-state index contributed by atoms with van der Waals surface area (Å²) in [5, 5.41) is 5.46. The highest BCUT2D eigenvalue weighted by Gasteiger charge is 2.29. The van der Waals surface area contributed by atoms with E-state index in [0.717, 1.165) is 10.8 Å². The lowest BCUT2D eigenvalue weighted by Crippen LogP contribution is -2.35. The maximum Gasteiger partial charge on any atom is 0.241 e. The van der Waals surface area contributed by atoms with Crippen LogP contribution in [0.1, 0.15) is 27.7 Å². The molecule has 0 fully saturated rings. The number of anilines is 1. The molecule has 1 heterocycles. The molecule has 0 saturated carbocycles. The summed E-state index contributed by atoms with van der Waals surface area (Å²) in [5.74, 6) is 0.588. The van der Waals surface area contributed by atoms with Gasteiger partial charge in [0.2, 0.25) is 5.91 Å². The summed E-state index contributed by atoms with van der Waals surface area (Å²) in [7, 11) is 0. The number of carbonyl (C=O) groups is 1. The van der Waals surface area contributed by atoms with E-state index in [1.54, 1.807) is 18.0 Å². The fourth-order valence-electron chi connectivity index (χ4n) is 2.06. The third-order valence-corrected chi connectivity index (χ3v) is 4.20. The molecule has 1 aromatic carbocycles. The van der Waals surface area contributed by atoms with Crippen LogP contribution in [-0.4, -0.2) is 20.9 Å². The van der Waals surface area contributed by atoms with Crippen molar-refractivity contribution in [1.29, 1.82) is 0 Å². The Bertz CT molecular complexity index is 623. The van der Waals surface area contributed by atoms with Crippen LogP contribution >= 0.6 is 11.8 Å². The highest BCUT2D eigenvalue weighted by atomic mass is 32.2. The molecule has 3 nitrogen and oxygen atoms in total. The Hall–Kier alpha value is -1.55. The molecule has 1 N–H and O–H groups in total. The Balaban J connectivity index is 2.17. The van der Waals surface area contributed by atoms with Crippen molar-refractivity contribution in [3.63, 3.8) is 0 Å². The average molecular weight is 288 g/mol. The van der Waals surface area contributed by atoms with Crippen LogP contribution in [0.2, 0.25) is 0 Å². The van der Waals surface area contributed by atoms with Gasteiger partial charge in [-0.05, 0) is 25.3 Å². The van der Waals surface area contributed by atoms with Crippen LogP contribution in [0.25, 0.3) is 10.8 Å². The van der Waals surface area contributed by atoms with Crippen LogP contribution in [0.15, 0.2) is 36.5 Å². The molecule has 1 aromatic heterocycles. The van der Waals surface area contributed by atoms with Gasteiger partial charge in [-0.2, -0.15) is 0 Å². The van der Waals surface area contributed by atoms with Gasteiger partial charge in [-0.3, -0.25) is 4.79 Å². The monoisotopic (exact) mass is 288 g/mol. The van der Waals surface area contributed by atoms with Gasteiger partial charge in [0, 0.05) is 16.8 Å². The van der Waals surface area contributed by atoms with Crippen molar-refractivity contribution in [2.75, 3.05) is 5.32 Å². The van der Waals surface area contributed by atoms with Gasteiger partial charge in [0.1, 0.15) is 5.82 Å². The molecule has 0 spiro atoms. The van der Waals surface area contributed by atoms with E-state index in [4.69, 9.17) is 0 Å². The third-order valence-electron chi connectivity index (χ3n) is 2.95. The smallest absolute Gasteiger partial charge is 0.241 e. The van der Waals surface area contributed by atoms with Crippen molar-refractivity contribution in [1.82, 2.24) is 4.98 Å². The molecule has 1 amide bonds. The second-order valence-corrected chi connectivity index (χ2v) is 7.75. The van der Waals surface area contributed by atoms with E-state index < -0.39 is 4.75 Å². The van der Waals surface area contributed by atoms with Crippen LogP contribution in [0.5, 0.6) is 0 Å². The summed E-state index contributed by atoms with van der Waals surface area (Å²) >= 11 is 1.65. The Kier molecular flexibility index (Phi) is 4.33. The normalized spacial score (nSPS) is 11.8. The number of nitrogens with one attached hydrogen (secondary N) is 1. The van der Waals surface area contributed by atoms with E-state index in [0.29, 0.717) is 11.1 Å². The number of carbonyl (C=O) groups excluding carboxylic acids is 1. The SMILES string of the molecule is CC(C)SC(C)(C)C(=O)Nc1cc2ccccc2cn1. The fourth-order valence-corrected chi connectivity index (χ4v) is 3.40. The van der Waals surface area contributed by atoms with Gasteiger partial charge in [0.25, 0.3) is 0 Å². The predicted molar refractivity (Wildman–Crippen MR) is 87.2 cm³/mol. The van der Waals surface area contributed by atoms with Crippen LogP contribution < -0.4 is 5.32 Å². The molecule has 106 valence electrons. The van der Waals surface area contributed by atoms with Gasteiger partial charge in [-0.15, -0.1) is 11.8 Å². The highest BCUT2D eigenvalue weighted by molar-refractivity contribution is 8.01. The number of hydrogen-bond acceptors (Lipinski definition) is 3. The second-order valence-electron chi connectivity index (χ2n) is 5.55. The van der Waals surface area contributed by atoms with E-state index in [-0.39, 0.29) is 5.91 Å². The topological polar surface area (TPSA) is 42.0 Å². The van der Waals surface area contributed by atoms with Crippen LogP contribution in [0.3, 0.4) is 0 Å². The number of pyridine rings is 1. The number of nitrogens with zero attached hydrogens (tertiary/aromatic N) is 1. The summed E-state index contributed by atoms with van der Waals surface area (Å²) in [6, 6.07) is 9.88. The third kappa shape index (κ3) is 3.51. The highest BCUT2D eigenvalue weighted by Crippen LogP contribution is 2.29. The van der Waals surface area contributed by atoms with Gasteiger partial charge in [-0.1, -0.05) is 38.1 Å². The Morgan fingerprint density at radius 3 is 2.55 bits per heavy atom. The zero-order valence-electron chi connectivity index (χ0n) is 12.3. The lowest BCUT2D eigenvalue weighted by molar-refractivity contribution is -0.117. The van der Waals surface area contributed by atoms with Gasteiger partial charge in [0.05, 0.1) is 4.75 Å². The van der Waals surface area contributed by atoms with Crippen molar-refractivity contribution < 1.29 is 4.79 Å². The number of benzene rings is 1. The molecule has 0 radical (unpaired) electrons. The average Bonchev–Trinajstić information content (AvgIpc) is 2.37. The Morgan fingerprint density at radius 2 is 1.90 bits per heavy atom. The van der Waals surface area contributed by atoms with E-state index in [9.17, 15) is 4.79 Å². The van der Waals surface area contributed by atoms with E-state index in [1.807, 2.05) is 44.2 Å². The van der Waals surface area contributed by atoms with Crippen LogP contribution in [0.4, 0.5) is 5.82 Å². The van der Waals surface area contributed by atoms with E-state index >= 15 is 0 Å². The van der Waals surface area contributed by atoms with E-state index in [1.165, 1.54) is 0 Å². The molecule has 0 aliphatic rings. The number of rotatable bonds is 4. The van der Waals surface area contributed by atoms with Crippen molar-refractivity contribution in [3.05, 3.63) is 36.5 Å². The molecule has 0 unspecified atom stereocenters. The van der Waals surface area contributed by atoms with Gasteiger partial charge >= 0.3 is 0 Å². The summed E-state index contributed by atoms with van der Waals surface area (Å²) in [4.78, 5) is 16.6. The van der Waals surface area contributed by atoms with Crippen molar-refractivity contribution in [3.8, 4) is 0 Å². The molecule has 0 aliphatic heterocycles. The maximum atomic E-state index is 12.3. The molecular weight excluding hydrogens is 268 g/mol. The first-order valence-electron chi connectivity index (χ1n) is 6.72. The minimum atomic E-state index is -0.471. The van der Waals surface area contributed by atoms with Crippen LogP contribution in [0, 0.1) is 0 Å². The summed E-state index contributed by atoms with van der Waals surface area (Å²) in [6.45, 7) is 8.06. The molecule has 2 rings (SSSR count). The number of amides is 1. The van der Waals surface area contributed by atoms with Gasteiger partial charge in [-0.25, -0.2) is 4.98 Å². The first-order chi connectivity index (χ1) is 9.38. The summed E-state index contributed by atoms with van der Waals surface area (Å²) < 4.78 is -0.471. The number of thioether (sulfide) groups is 1. The molecule has 20 heavy (non-hydrogen) atoms.